The Labute approximate surface area is 85.9 Å². The lowest BCUT2D eigenvalue weighted by Crippen LogP contribution is -2.31. The van der Waals surface area contributed by atoms with Crippen LogP contribution in [0.4, 0.5) is 0 Å². The van der Waals surface area contributed by atoms with Gasteiger partial charge in [0.15, 0.2) is 5.76 Å². The predicted octanol–water partition coefficient (Wildman–Crippen LogP) is -0.330. The van der Waals surface area contributed by atoms with Crippen LogP contribution in [0.2, 0.25) is 0 Å². The quantitative estimate of drug-likeness (QED) is 0.593. The Morgan fingerprint density at radius 3 is 2.64 bits per heavy atom. The first-order valence-electron chi connectivity index (χ1n) is 4.14. The van der Waals surface area contributed by atoms with Gasteiger partial charge in [-0.05, 0) is 0 Å². The van der Waals surface area contributed by atoms with Crippen molar-refractivity contribution in [2.45, 2.75) is 24.5 Å². The maximum Gasteiger partial charge on any atom is 0.151 e. The summed E-state index contributed by atoms with van der Waals surface area (Å²) in [5.74, 6) is 0.721. The zero-order chi connectivity index (χ0) is 10.6. The number of hydrogen-bond donors (Lipinski definition) is 3. The molecule has 3 N–H and O–H groups in total. The van der Waals surface area contributed by atoms with Crippen LogP contribution in [-0.4, -0.2) is 39.3 Å². The minimum Gasteiger partial charge on any atom is -0.394 e. The molecule has 1 aromatic rings. The summed E-state index contributed by atoms with van der Waals surface area (Å²) >= 11 is 5.48. The zero-order valence-electron chi connectivity index (χ0n) is 7.43. The third-order valence-corrected chi connectivity index (χ3v) is 2.05. The summed E-state index contributed by atoms with van der Waals surface area (Å²) in [5, 5.41) is 30.6. The van der Waals surface area contributed by atoms with Gasteiger partial charge in [0.25, 0.3) is 0 Å². The molecule has 1 aromatic heterocycles. The molecule has 0 aliphatic heterocycles. The fraction of sp³-hybridized carbons (Fsp3) is 0.625. The molecule has 14 heavy (non-hydrogen) atoms. The highest BCUT2D eigenvalue weighted by Gasteiger charge is 2.17. The third-order valence-electron chi connectivity index (χ3n) is 1.79. The van der Waals surface area contributed by atoms with Crippen LogP contribution in [0.15, 0.2) is 10.6 Å². The van der Waals surface area contributed by atoms with E-state index in [0.717, 1.165) is 0 Å². The van der Waals surface area contributed by atoms with E-state index >= 15 is 0 Å². The Kier molecular flexibility index (Phi) is 4.34. The molecule has 0 aliphatic rings. The molecule has 5 nitrogen and oxygen atoms in total. The smallest absolute Gasteiger partial charge is 0.151 e. The van der Waals surface area contributed by atoms with E-state index in [9.17, 15) is 5.11 Å². The van der Waals surface area contributed by atoms with E-state index in [4.69, 9.17) is 26.3 Å². The van der Waals surface area contributed by atoms with E-state index in [1.165, 1.54) is 0 Å². The van der Waals surface area contributed by atoms with Gasteiger partial charge in [0.2, 0.25) is 0 Å². The zero-order valence-corrected chi connectivity index (χ0v) is 8.18. The van der Waals surface area contributed by atoms with E-state index in [2.05, 4.69) is 5.16 Å². The van der Waals surface area contributed by atoms with Crippen LogP contribution in [0.1, 0.15) is 11.5 Å². The summed E-state index contributed by atoms with van der Waals surface area (Å²) in [6.07, 6.45) is -2.08. The van der Waals surface area contributed by atoms with E-state index in [1.54, 1.807) is 6.07 Å². The number of halogens is 1. The molecule has 6 heteroatoms. The third kappa shape index (κ3) is 2.95. The molecule has 1 rings (SSSR count). The highest BCUT2D eigenvalue weighted by atomic mass is 35.5. The van der Waals surface area contributed by atoms with Gasteiger partial charge in [0, 0.05) is 12.5 Å². The average Bonchev–Trinajstić information content (AvgIpc) is 2.64. The molecule has 1 heterocycles. The van der Waals surface area contributed by atoms with E-state index in [1.807, 2.05) is 0 Å². The van der Waals surface area contributed by atoms with Crippen LogP contribution < -0.4 is 0 Å². The van der Waals surface area contributed by atoms with Crippen LogP contribution >= 0.6 is 11.6 Å². The lowest BCUT2D eigenvalue weighted by molar-refractivity contribution is -0.0139. The Morgan fingerprint density at radius 1 is 1.43 bits per heavy atom. The van der Waals surface area contributed by atoms with Gasteiger partial charge in [-0.1, -0.05) is 5.16 Å². The van der Waals surface area contributed by atoms with Gasteiger partial charge >= 0.3 is 0 Å². The molecule has 0 bridgehead atoms. The summed E-state index contributed by atoms with van der Waals surface area (Å²) in [6.45, 7) is -0.485. The van der Waals surface area contributed by atoms with E-state index in [-0.39, 0.29) is 12.3 Å². The van der Waals surface area contributed by atoms with Crippen molar-refractivity contribution in [2.75, 3.05) is 6.61 Å². The number of aliphatic hydroxyl groups is 3. The first-order valence-corrected chi connectivity index (χ1v) is 4.68. The number of rotatable bonds is 5. The van der Waals surface area contributed by atoms with Crippen LogP contribution in [0.3, 0.4) is 0 Å². The standard InChI is InChI=1S/C8H12ClNO4/c9-3-6-1-5(10-14-6)2-7(12)8(13)4-11/h1,7-8,11-13H,2-4H2/t7-,8+/m0/s1. The first kappa shape index (κ1) is 11.5. The molecule has 0 amide bonds. The van der Waals surface area contributed by atoms with Crippen molar-refractivity contribution in [2.24, 2.45) is 0 Å². The fourth-order valence-corrected chi connectivity index (χ4v) is 1.11. The summed E-state index contributed by atoms with van der Waals surface area (Å²) in [4.78, 5) is 0. The Morgan fingerprint density at radius 2 is 2.14 bits per heavy atom. The van der Waals surface area contributed by atoms with Crippen LogP contribution in [0.5, 0.6) is 0 Å². The number of hydrogen-bond acceptors (Lipinski definition) is 5. The summed E-state index contributed by atoms with van der Waals surface area (Å²) in [7, 11) is 0. The monoisotopic (exact) mass is 221 g/mol. The van der Waals surface area contributed by atoms with Crippen molar-refractivity contribution in [3.8, 4) is 0 Å². The molecule has 0 radical (unpaired) electrons. The van der Waals surface area contributed by atoms with Gasteiger partial charge in [-0.15, -0.1) is 11.6 Å². The van der Waals surface area contributed by atoms with Gasteiger partial charge in [0.05, 0.1) is 24.3 Å². The van der Waals surface area contributed by atoms with Crippen LogP contribution in [0.25, 0.3) is 0 Å². The molecule has 0 aliphatic carbocycles. The number of aromatic nitrogens is 1. The molecule has 0 fully saturated rings. The normalized spacial score (nSPS) is 15.4. The second-order valence-corrected chi connectivity index (χ2v) is 3.21. The van der Waals surface area contributed by atoms with Crippen molar-refractivity contribution >= 4 is 11.6 Å². The molecule has 80 valence electrons. The largest absolute Gasteiger partial charge is 0.394 e. The second-order valence-electron chi connectivity index (χ2n) is 2.94. The SMILES string of the molecule is OC[C@@H](O)[C@@H](O)Cc1cc(CCl)on1. The van der Waals surface area contributed by atoms with Crippen LogP contribution in [-0.2, 0) is 12.3 Å². The van der Waals surface area contributed by atoms with Crippen LogP contribution in [0, 0.1) is 0 Å². The predicted molar refractivity (Wildman–Crippen MR) is 48.9 cm³/mol. The lowest BCUT2D eigenvalue weighted by Gasteiger charge is -2.13. The van der Waals surface area contributed by atoms with Crippen molar-refractivity contribution in [3.05, 3.63) is 17.5 Å². The Hall–Kier alpha value is -0.620. The molecule has 0 saturated carbocycles. The fourth-order valence-electron chi connectivity index (χ4n) is 0.987. The van der Waals surface area contributed by atoms with Gasteiger partial charge in [0.1, 0.15) is 6.10 Å². The number of aliphatic hydroxyl groups excluding tert-OH is 3. The molecule has 0 spiro atoms. The highest BCUT2D eigenvalue weighted by molar-refractivity contribution is 6.16. The molecule has 0 saturated heterocycles. The molecule has 2 atom stereocenters. The van der Waals surface area contributed by atoms with Crippen molar-refractivity contribution < 1.29 is 19.8 Å². The maximum absolute atomic E-state index is 9.33. The lowest BCUT2D eigenvalue weighted by atomic mass is 10.1. The van der Waals surface area contributed by atoms with Gasteiger partial charge < -0.3 is 19.8 Å². The molecular weight excluding hydrogens is 210 g/mol. The minimum absolute atomic E-state index is 0.127. The van der Waals surface area contributed by atoms with Crippen molar-refractivity contribution in [1.82, 2.24) is 5.16 Å². The van der Waals surface area contributed by atoms with E-state index < -0.39 is 18.8 Å². The van der Waals surface area contributed by atoms with Gasteiger partial charge in [-0.2, -0.15) is 0 Å². The maximum atomic E-state index is 9.33. The first-order chi connectivity index (χ1) is 6.67. The number of alkyl halides is 1. The summed E-state index contributed by atoms with van der Waals surface area (Å²) in [5.41, 5.74) is 0.501. The molecule has 0 aromatic carbocycles. The van der Waals surface area contributed by atoms with Crippen molar-refractivity contribution in [1.29, 1.82) is 0 Å². The topological polar surface area (TPSA) is 86.7 Å². The average molecular weight is 222 g/mol. The minimum atomic E-state index is -1.16. The summed E-state index contributed by atoms with van der Waals surface area (Å²) < 4.78 is 4.79. The molecule has 0 unspecified atom stereocenters. The van der Waals surface area contributed by atoms with Gasteiger partial charge in [-0.3, -0.25) is 0 Å². The summed E-state index contributed by atoms with van der Waals surface area (Å²) in [6, 6.07) is 1.60. The van der Waals surface area contributed by atoms with Gasteiger partial charge in [-0.25, -0.2) is 0 Å². The Balaban J connectivity index is 2.51. The molecular formula is C8H12ClNO4. The number of nitrogens with zero attached hydrogens (tertiary/aromatic N) is 1. The highest BCUT2D eigenvalue weighted by Crippen LogP contribution is 2.09. The van der Waals surface area contributed by atoms with Crippen molar-refractivity contribution in [3.63, 3.8) is 0 Å². The van der Waals surface area contributed by atoms with E-state index in [0.29, 0.717) is 11.5 Å². The second kappa shape index (κ2) is 5.31. The Bertz CT molecular complexity index is 278.